The standard InChI is InChI=1S/C18H17N5O5S/c1-10-7-14(24)21-17(19-10)29-9-16(26)20-13-8-15(25)22-18(27)23(13)11-3-5-12(28-2)6-4-11/h3-8H,9H2,1-2H3,(H,20,26)(H,19,21,24)(H,22,25,27). The van der Waals surface area contributed by atoms with Crippen LogP contribution >= 0.6 is 11.8 Å². The van der Waals surface area contributed by atoms with Crippen LogP contribution in [-0.2, 0) is 4.79 Å². The van der Waals surface area contributed by atoms with Crippen molar-refractivity contribution in [2.75, 3.05) is 18.2 Å². The zero-order valence-electron chi connectivity index (χ0n) is 15.5. The quantitative estimate of drug-likeness (QED) is 0.397. The first-order valence-corrected chi connectivity index (χ1v) is 9.35. The van der Waals surface area contributed by atoms with E-state index in [4.69, 9.17) is 4.74 Å². The van der Waals surface area contributed by atoms with Crippen molar-refractivity contribution < 1.29 is 9.53 Å². The van der Waals surface area contributed by atoms with Gasteiger partial charge in [-0.2, -0.15) is 0 Å². The lowest BCUT2D eigenvalue weighted by Gasteiger charge is -2.13. The second-order valence-electron chi connectivity index (χ2n) is 5.89. The normalized spacial score (nSPS) is 10.6. The fourth-order valence-corrected chi connectivity index (χ4v) is 3.23. The predicted octanol–water partition coefficient (Wildman–Crippen LogP) is 0.657. The Morgan fingerprint density at radius 2 is 1.83 bits per heavy atom. The van der Waals surface area contributed by atoms with E-state index in [1.807, 2.05) is 0 Å². The molecule has 0 saturated heterocycles. The Bertz CT molecular complexity index is 1210. The largest absolute Gasteiger partial charge is 0.497 e. The number of hydrogen-bond donors (Lipinski definition) is 3. The van der Waals surface area contributed by atoms with Crippen molar-refractivity contribution in [3.05, 3.63) is 73.3 Å². The van der Waals surface area contributed by atoms with Gasteiger partial charge in [-0.3, -0.25) is 19.4 Å². The summed E-state index contributed by atoms with van der Waals surface area (Å²) in [5.41, 5.74) is -0.703. The first-order chi connectivity index (χ1) is 13.9. The average molecular weight is 415 g/mol. The Balaban J connectivity index is 1.84. The van der Waals surface area contributed by atoms with E-state index >= 15 is 0 Å². The minimum Gasteiger partial charge on any atom is -0.497 e. The molecule has 0 fully saturated rings. The Kier molecular flexibility index (Phi) is 5.98. The average Bonchev–Trinajstić information content (AvgIpc) is 2.65. The van der Waals surface area contributed by atoms with Gasteiger partial charge in [0.15, 0.2) is 5.16 Å². The van der Waals surface area contributed by atoms with Gasteiger partial charge in [0, 0.05) is 17.8 Å². The van der Waals surface area contributed by atoms with Gasteiger partial charge in [0.05, 0.1) is 18.6 Å². The maximum absolute atomic E-state index is 12.4. The molecule has 0 radical (unpaired) electrons. The van der Waals surface area contributed by atoms with Crippen LogP contribution in [0.3, 0.4) is 0 Å². The Labute approximate surface area is 168 Å². The fourth-order valence-electron chi connectivity index (χ4n) is 2.51. The Morgan fingerprint density at radius 3 is 2.48 bits per heavy atom. The molecule has 0 aliphatic rings. The summed E-state index contributed by atoms with van der Waals surface area (Å²) >= 11 is 1.02. The molecule has 0 saturated carbocycles. The van der Waals surface area contributed by atoms with Gasteiger partial charge in [-0.05, 0) is 31.2 Å². The molecule has 11 heteroatoms. The van der Waals surface area contributed by atoms with E-state index in [-0.39, 0.29) is 17.1 Å². The second-order valence-corrected chi connectivity index (χ2v) is 6.85. The van der Waals surface area contributed by atoms with E-state index in [0.717, 1.165) is 22.4 Å². The summed E-state index contributed by atoms with van der Waals surface area (Å²) in [5, 5.41) is 2.85. The molecule has 3 rings (SSSR count). The summed E-state index contributed by atoms with van der Waals surface area (Å²) in [5.74, 6) is 0.0372. The number of anilines is 1. The smallest absolute Gasteiger partial charge is 0.334 e. The minimum absolute atomic E-state index is 0.0141. The third kappa shape index (κ3) is 5.02. The summed E-state index contributed by atoms with van der Waals surface area (Å²) in [6.45, 7) is 1.67. The molecule has 10 nitrogen and oxygen atoms in total. The zero-order valence-corrected chi connectivity index (χ0v) is 16.3. The lowest BCUT2D eigenvalue weighted by Crippen LogP contribution is -2.32. The molecule has 2 heterocycles. The third-order valence-corrected chi connectivity index (χ3v) is 4.60. The topological polar surface area (TPSA) is 139 Å². The highest BCUT2D eigenvalue weighted by Crippen LogP contribution is 2.17. The van der Waals surface area contributed by atoms with E-state index in [1.54, 1.807) is 31.2 Å². The molecule has 3 N–H and O–H groups in total. The number of ether oxygens (including phenoxy) is 1. The molecule has 1 aromatic carbocycles. The van der Waals surface area contributed by atoms with Crippen molar-refractivity contribution in [3.8, 4) is 11.4 Å². The number of aryl methyl sites for hydroxylation is 1. The number of aromatic nitrogens is 4. The van der Waals surface area contributed by atoms with Crippen molar-refractivity contribution in [1.29, 1.82) is 0 Å². The second kappa shape index (κ2) is 8.61. The number of thioether (sulfide) groups is 1. The number of carbonyl (C=O) groups is 1. The summed E-state index contributed by atoms with van der Waals surface area (Å²) in [6, 6.07) is 8.98. The Morgan fingerprint density at radius 1 is 1.14 bits per heavy atom. The van der Waals surface area contributed by atoms with Crippen LogP contribution in [0.4, 0.5) is 5.82 Å². The molecule has 0 aliphatic heterocycles. The SMILES string of the molecule is COc1ccc(-n2c(NC(=O)CSc3nc(C)cc(=O)[nH]3)cc(=O)[nH]c2=O)cc1. The number of amides is 1. The molecule has 1 amide bonds. The van der Waals surface area contributed by atoms with Gasteiger partial charge in [-0.25, -0.2) is 14.3 Å². The molecule has 0 spiro atoms. The lowest BCUT2D eigenvalue weighted by atomic mass is 10.3. The van der Waals surface area contributed by atoms with E-state index in [9.17, 15) is 19.2 Å². The van der Waals surface area contributed by atoms with Gasteiger partial charge in [-0.1, -0.05) is 11.8 Å². The molecular formula is C18H17N5O5S. The fraction of sp³-hybridized carbons (Fsp3) is 0.167. The van der Waals surface area contributed by atoms with Crippen LogP contribution in [0.2, 0.25) is 0 Å². The number of benzene rings is 1. The van der Waals surface area contributed by atoms with Crippen molar-refractivity contribution in [3.63, 3.8) is 0 Å². The van der Waals surface area contributed by atoms with Gasteiger partial charge >= 0.3 is 5.69 Å². The molecule has 2 aromatic heterocycles. The molecule has 3 aromatic rings. The van der Waals surface area contributed by atoms with Gasteiger partial charge < -0.3 is 15.0 Å². The molecule has 29 heavy (non-hydrogen) atoms. The van der Waals surface area contributed by atoms with Gasteiger partial charge in [0.1, 0.15) is 11.6 Å². The summed E-state index contributed by atoms with van der Waals surface area (Å²) in [7, 11) is 1.51. The highest BCUT2D eigenvalue weighted by Gasteiger charge is 2.13. The van der Waals surface area contributed by atoms with Crippen molar-refractivity contribution in [2.24, 2.45) is 0 Å². The summed E-state index contributed by atoms with van der Waals surface area (Å²) < 4.78 is 6.25. The number of rotatable bonds is 6. The van der Waals surface area contributed by atoms with Gasteiger partial charge in [0.2, 0.25) is 5.91 Å². The molecule has 0 atom stereocenters. The first-order valence-electron chi connectivity index (χ1n) is 8.37. The maximum atomic E-state index is 12.4. The van der Waals surface area contributed by atoms with Crippen molar-refractivity contribution in [2.45, 2.75) is 12.1 Å². The molecule has 150 valence electrons. The van der Waals surface area contributed by atoms with Gasteiger partial charge in [0.25, 0.3) is 11.1 Å². The number of H-pyrrole nitrogens is 2. The minimum atomic E-state index is -0.699. The molecule has 0 bridgehead atoms. The number of nitrogens with zero attached hydrogens (tertiary/aromatic N) is 2. The zero-order chi connectivity index (χ0) is 21.0. The number of methoxy groups -OCH3 is 1. The summed E-state index contributed by atoms with van der Waals surface area (Å²) in [6.07, 6.45) is 0. The van der Waals surface area contributed by atoms with E-state index in [1.165, 1.54) is 13.2 Å². The monoisotopic (exact) mass is 415 g/mol. The third-order valence-electron chi connectivity index (χ3n) is 3.73. The summed E-state index contributed by atoms with van der Waals surface area (Å²) in [4.78, 5) is 56.7. The number of nitrogens with one attached hydrogen (secondary N) is 3. The molecule has 0 unspecified atom stereocenters. The number of carbonyl (C=O) groups excluding carboxylic acids is 1. The van der Waals surface area contributed by atoms with Crippen LogP contribution in [0.15, 0.2) is 55.9 Å². The Hall–Kier alpha value is -3.60. The van der Waals surface area contributed by atoms with E-state index in [2.05, 4.69) is 20.3 Å². The molecular weight excluding hydrogens is 398 g/mol. The number of aromatic amines is 2. The highest BCUT2D eigenvalue weighted by molar-refractivity contribution is 7.99. The first kappa shape index (κ1) is 20.1. The molecule has 0 aliphatic carbocycles. The van der Waals surface area contributed by atoms with Crippen LogP contribution in [0.5, 0.6) is 5.75 Å². The van der Waals surface area contributed by atoms with E-state index < -0.39 is 17.2 Å². The van der Waals surface area contributed by atoms with Crippen LogP contribution in [0, 0.1) is 6.92 Å². The maximum Gasteiger partial charge on any atom is 0.334 e. The van der Waals surface area contributed by atoms with Crippen LogP contribution in [0.1, 0.15) is 5.69 Å². The highest BCUT2D eigenvalue weighted by atomic mass is 32.2. The van der Waals surface area contributed by atoms with Crippen LogP contribution < -0.4 is 26.9 Å². The lowest BCUT2D eigenvalue weighted by molar-refractivity contribution is -0.113. The van der Waals surface area contributed by atoms with E-state index in [0.29, 0.717) is 22.3 Å². The van der Waals surface area contributed by atoms with Crippen molar-refractivity contribution >= 4 is 23.5 Å². The van der Waals surface area contributed by atoms with Crippen LogP contribution in [-0.4, -0.2) is 38.3 Å². The van der Waals surface area contributed by atoms with Gasteiger partial charge in [-0.15, -0.1) is 0 Å². The number of hydrogen-bond acceptors (Lipinski definition) is 7. The van der Waals surface area contributed by atoms with Crippen LogP contribution in [0.25, 0.3) is 5.69 Å². The predicted molar refractivity (Wildman–Crippen MR) is 108 cm³/mol. The van der Waals surface area contributed by atoms with Crippen molar-refractivity contribution in [1.82, 2.24) is 19.5 Å².